The van der Waals surface area contributed by atoms with Crippen molar-refractivity contribution in [1.82, 2.24) is 9.55 Å². The molecule has 1 unspecified atom stereocenters. The lowest BCUT2D eigenvalue weighted by atomic mass is 10.2. The van der Waals surface area contributed by atoms with Crippen LogP contribution in [-0.4, -0.2) is 28.2 Å². The molecule has 0 fully saturated rings. The molecule has 25 heavy (non-hydrogen) atoms. The van der Waals surface area contributed by atoms with Crippen molar-refractivity contribution in [2.75, 3.05) is 18.6 Å². The molecule has 4 nitrogen and oxygen atoms in total. The molecule has 0 radical (unpaired) electrons. The van der Waals surface area contributed by atoms with Crippen molar-refractivity contribution in [3.05, 3.63) is 60.4 Å². The van der Waals surface area contributed by atoms with Crippen molar-refractivity contribution in [3.8, 4) is 5.75 Å². The molecule has 0 aliphatic heterocycles. The molecule has 1 atom stereocenters. The van der Waals surface area contributed by atoms with Crippen LogP contribution in [0.15, 0.2) is 54.6 Å². The van der Waals surface area contributed by atoms with Gasteiger partial charge in [0.15, 0.2) is 0 Å². The van der Waals surface area contributed by atoms with E-state index >= 15 is 0 Å². The second-order valence-corrected chi connectivity index (χ2v) is 7.00. The van der Waals surface area contributed by atoms with Crippen molar-refractivity contribution in [1.29, 1.82) is 0 Å². The second kappa shape index (κ2) is 8.92. The first kappa shape index (κ1) is 17.8. The molecule has 0 bridgehead atoms. The molecule has 3 aromatic rings. The van der Waals surface area contributed by atoms with E-state index in [4.69, 9.17) is 15.5 Å². The van der Waals surface area contributed by atoms with Crippen LogP contribution in [0.25, 0.3) is 11.0 Å². The number of ether oxygens (including phenoxy) is 1. The number of hydrogen-bond donors (Lipinski definition) is 1. The van der Waals surface area contributed by atoms with E-state index in [9.17, 15) is 0 Å². The molecule has 0 saturated heterocycles. The molecule has 132 valence electrons. The van der Waals surface area contributed by atoms with Crippen LogP contribution < -0.4 is 10.5 Å². The maximum atomic E-state index is 6.41. The van der Waals surface area contributed by atoms with E-state index in [-0.39, 0.29) is 6.04 Å². The van der Waals surface area contributed by atoms with Gasteiger partial charge >= 0.3 is 0 Å². The fraction of sp³-hybridized carbons (Fsp3) is 0.350. The summed E-state index contributed by atoms with van der Waals surface area (Å²) in [7, 11) is 0. The Labute approximate surface area is 153 Å². The molecule has 5 heteroatoms. The van der Waals surface area contributed by atoms with Gasteiger partial charge < -0.3 is 15.0 Å². The topological polar surface area (TPSA) is 53.1 Å². The van der Waals surface area contributed by atoms with Crippen LogP contribution >= 0.6 is 11.8 Å². The molecule has 0 aliphatic rings. The van der Waals surface area contributed by atoms with Crippen molar-refractivity contribution in [2.24, 2.45) is 5.73 Å². The Balaban J connectivity index is 1.70. The van der Waals surface area contributed by atoms with E-state index < -0.39 is 0 Å². The number of hydrogen-bond acceptors (Lipinski definition) is 4. The summed E-state index contributed by atoms with van der Waals surface area (Å²) in [4.78, 5) is 4.79. The fourth-order valence-corrected chi connectivity index (χ4v) is 3.41. The summed E-state index contributed by atoms with van der Waals surface area (Å²) in [5.74, 6) is 2.94. The van der Waals surface area contributed by atoms with E-state index in [0.717, 1.165) is 47.7 Å². The highest BCUT2D eigenvalue weighted by Crippen LogP contribution is 2.23. The number of rotatable bonds is 9. The first-order chi connectivity index (χ1) is 12.3. The maximum Gasteiger partial charge on any atom is 0.126 e. The smallest absolute Gasteiger partial charge is 0.126 e. The van der Waals surface area contributed by atoms with Crippen LogP contribution in [0.3, 0.4) is 0 Å². The van der Waals surface area contributed by atoms with Gasteiger partial charge in [-0.05, 0) is 49.1 Å². The lowest BCUT2D eigenvalue weighted by molar-refractivity contribution is 0.301. The number of aromatic nitrogens is 2. The summed E-state index contributed by atoms with van der Waals surface area (Å²) in [5, 5.41) is 0. The van der Waals surface area contributed by atoms with Gasteiger partial charge in [0.2, 0.25) is 0 Å². The zero-order valence-corrected chi connectivity index (χ0v) is 15.4. The van der Waals surface area contributed by atoms with Crippen molar-refractivity contribution < 1.29 is 4.74 Å². The van der Waals surface area contributed by atoms with Crippen molar-refractivity contribution in [2.45, 2.75) is 25.4 Å². The summed E-state index contributed by atoms with van der Waals surface area (Å²) < 4.78 is 8.07. The Morgan fingerprint density at radius 2 is 1.88 bits per heavy atom. The molecular formula is C20H25N3OS. The molecule has 1 heterocycles. The predicted molar refractivity (Wildman–Crippen MR) is 106 cm³/mol. The molecule has 0 aliphatic carbocycles. The number of nitrogens with two attached hydrogens (primary N) is 1. The van der Waals surface area contributed by atoms with Crippen LogP contribution in [0.4, 0.5) is 0 Å². The summed E-state index contributed by atoms with van der Waals surface area (Å²) in [6.45, 7) is 1.53. The van der Waals surface area contributed by atoms with Gasteiger partial charge in [0.25, 0.3) is 0 Å². The van der Waals surface area contributed by atoms with Gasteiger partial charge in [-0.15, -0.1) is 0 Å². The molecular weight excluding hydrogens is 330 g/mol. The zero-order chi connectivity index (χ0) is 17.5. The molecule has 0 spiro atoms. The quantitative estimate of drug-likeness (QED) is 0.583. The minimum absolute atomic E-state index is 0.0325. The third-order valence-corrected chi connectivity index (χ3v) is 4.83. The van der Waals surface area contributed by atoms with E-state index in [1.807, 2.05) is 48.2 Å². The van der Waals surface area contributed by atoms with Crippen LogP contribution in [0.2, 0.25) is 0 Å². The van der Waals surface area contributed by atoms with E-state index in [1.165, 1.54) is 0 Å². The summed E-state index contributed by atoms with van der Waals surface area (Å²) >= 11 is 1.82. The summed E-state index contributed by atoms with van der Waals surface area (Å²) in [6, 6.07) is 18.1. The Morgan fingerprint density at radius 1 is 1.12 bits per heavy atom. The predicted octanol–water partition coefficient (Wildman–Crippen LogP) is 4.26. The fourth-order valence-electron chi connectivity index (χ4n) is 2.92. The highest BCUT2D eigenvalue weighted by atomic mass is 32.2. The first-order valence-electron chi connectivity index (χ1n) is 8.67. The Morgan fingerprint density at radius 3 is 2.68 bits per heavy atom. The number of imidazole rings is 1. The standard InChI is InChI=1S/C20H25N3OS/c1-25-15-12-17(21)20-22-18-10-5-6-11-19(18)23(20)13-7-14-24-16-8-3-2-4-9-16/h2-6,8-11,17H,7,12-15,21H2,1H3. The maximum absolute atomic E-state index is 6.41. The van der Waals surface area contributed by atoms with Gasteiger partial charge in [0, 0.05) is 6.54 Å². The van der Waals surface area contributed by atoms with Crippen LogP contribution in [-0.2, 0) is 6.54 Å². The molecule has 0 amide bonds. The third kappa shape index (κ3) is 4.55. The highest BCUT2D eigenvalue weighted by molar-refractivity contribution is 7.98. The van der Waals surface area contributed by atoms with Crippen molar-refractivity contribution >= 4 is 22.8 Å². The largest absolute Gasteiger partial charge is 0.494 e. The van der Waals surface area contributed by atoms with E-state index in [1.54, 1.807) is 0 Å². The van der Waals surface area contributed by atoms with Gasteiger partial charge in [0.05, 0.1) is 23.7 Å². The Bertz CT molecular complexity index is 788. The number of benzene rings is 2. The SMILES string of the molecule is CSCCC(N)c1nc2ccccc2n1CCCOc1ccccc1. The number of fused-ring (bicyclic) bond motifs is 1. The minimum atomic E-state index is -0.0325. The summed E-state index contributed by atoms with van der Waals surface area (Å²) in [6.07, 6.45) is 3.96. The molecule has 0 saturated carbocycles. The number of aryl methyl sites for hydroxylation is 1. The Hall–Kier alpha value is -1.98. The normalized spacial score (nSPS) is 12.4. The molecule has 2 N–H and O–H groups in total. The number of para-hydroxylation sites is 3. The molecule has 2 aromatic carbocycles. The monoisotopic (exact) mass is 355 g/mol. The van der Waals surface area contributed by atoms with Gasteiger partial charge in [-0.2, -0.15) is 11.8 Å². The highest BCUT2D eigenvalue weighted by Gasteiger charge is 2.16. The lowest BCUT2D eigenvalue weighted by Gasteiger charge is -2.15. The minimum Gasteiger partial charge on any atom is -0.494 e. The average molecular weight is 356 g/mol. The van der Waals surface area contributed by atoms with Gasteiger partial charge in [0.1, 0.15) is 11.6 Å². The van der Waals surface area contributed by atoms with Gasteiger partial charge in [-0.25, -0.2) is 4.98 Å². The summed E-state index contributed by atoms with van der Waals surface area (Å²) in [5.41, 5.74) is 8.58. The van der Waals surface area contributed by atoms with Crippen LogP contribution in [0.5, 0.6) is 5.75 Å². The Kier molecular flexibility index (Phi) is 6.36. The van der Waals surface area contributed by atoms with E-state index in [0.29, 0.717) is 6.61 Å². The van der Waals surface area contributed by atoms with Gasteiger partial charge in [-0.3, -0.25) is 0 Å². The lowest BCUT2D eigenvalue weighted by Crippen LogP contribution is -2.18. The first-order valence-corrected chi connectivity index (χ1v) is 10.1. The molecule has 1 aromatic heterocycles. The van der Waals surface area contributed by atoms with Gasteiger partial charge in [-0.1, -0.05) is 30.3 Å². The third-order valence-electron chi connectivity index (χ3n) is 4.19. The van der Waals surface area contributed by atoms with Crippen LogP contribution in [0, 0.1) is 0 Å². The van der Waals surface area contributed by atoms with E-state index in [2.05, 4.69) is 29.0 Å². The van der Waals surface area contributed by atoms with Crippen LogP contribution in [0.1, 0.15) is 24.7 Å². The average Bonchev–Trinajstić information content (AvgIpc) is 3.03. The van der Waals surface area contributed by atoms with Crippen molar-refractivity contribution in [3.63, 3.8) is 0 Å². The number of thioether (sulfide) groups is 1. The number of nitrogens with zero attached hydrogens (tertiary/aromatic N) is 2. The zero-order valence-electron chi connectivity index (χ0n) is 14.6. The molecule has 3 rings (SSSR count). The second-order valence-electron chi connectivity index (χ2n) is 6.01.